The fraction of sp³-hybridized carbons (Fsp3) is 0.625. The molecule has 1 unspecified atom stereocenters. The third-order valence-corrected chi connectivity index (χ3v) is 1.55. The SMILES string of the molecule is C=C(CC(CC)OC)C(=O)[O-]. The number of carboxylic acid groups (broad SMARTS) is 1. The molecular weight excluding hydrogens is 144 g/mol. The molecule has 0 aliphatic rings. The molecule has 0 aromatic rings. The molecule has 0 rings (SSSR count). The van der Waals surface area contributed by atoms with E-state index < -0.39 is 5.97 Å². The van der Waals surface area contributed by atoms with Gasteiger partial charge in [-0.3, -0.25) is 0 Å². The number of aliphatic carboxylic acids is 1. The summed E-state index contributed by atoms with van der Waals surface area (Å²) < 4.78 is 4.97. The average Bonchev–Trinajstić information content (AvgIpc) is 1.99. The number of ether oxygens (including phenoxy) is 1. The molecule has 0 aliphatic carbocycles. The van der Waals surface area contributed by atoms with E-state index in [9.17, 15) is 9.90 Å². The zero-order chi connectivity index (χ0) is 8.85. The highest BCUT2D eigenvalue weighted by Crippen LogP contribution is 2.08. The van der Waals surface area contributed by atoms with Gasteiger partial charge in [0.1, 0.15) is 0 Å². The van der Waals surface area contributed by atoms with Gasteiger partial charge in [-0.05, 0) is 18.4 Å². The number of rotatable bonds is 5. The van der Waals surface area contributed by atoms with Crippen LogP contribution in [0.3, 0.4) is 0 Å². The van der Waals surface area contributed by atoms with Crippen molar-refractivity contribution in [3.05, 3.63) is 12.2 Å². The first-order chi connectivity index (χ1) is 5.11. The van der Waals surface area contributed by atoms with Gasteiger partial charge in [0.15, 0.2) is 0 Å². The topological polar surface area (TPSA) is 49.4 Å². The third kappa shape index (κ3) is 3.78. The lowest BCUT2D eigenvalue weighted by Gasteiger charge is -2.14. The zero-order valence-electron chi connectivity index (χ0n) is 6.92. The minimum Gasteiger partial charge on any atom is -0.545 e. The van der Waals surface area contributed by atoms with E-state index in [1.54, 1.807) is 7.11 Å². The number of carbonyl (C=O) groups excluding carboxylic acids is 1. The Bertz CT molecular complexity index is 147. The smallest absolute Gasteiger partial charge is 0.0669 e. The molecule has 0 aliphatic heterocycles. The summed E-state index contributed by atoms with van der Waals surface area (Å²) in [5, 5.41) is 10.2. The molecule has 0 bridgehead atoms. The van der Waals surface area contributed by atoms with Gasteiger partial charge in [-0.15, -0.1) is 0 Å². The summed E-state index contributed by atoms with van der Waals surface area (Å²) in [6.07, 6.45) is 1.07. The molecule has 0 saturated heterocycles. The molecule has 0 heterocycles. The number of carboxylic acids is 1. The molecule has 0 saturated carbocycles. The molecule has 0 fully saturated rings. The molecule has 0 aromatic carbocycles. The van der Waals surface area contributed by atoms with Crippen LogP contribution in [0.1, 0.15) is 19.8 Å². The average molecular weight is 157 g/mol. The van der Waals surface area contributed by atoms with E-state index in [0.717, 1.165) is 6.42 Å². The first-order valence-corrected chi connectivity index (χ1v) is 3.53. The van der Waals surface area contributed by atoms with Crippen LogP contribution in [0.5, 0.6) is 0 Å². The van der Waals surface area contributed by atoms with Crippen molar-refractivity contribution in [2.45, 2.75) is 25.9 Å². The number of methoxy groups -OCH3 is 1. The Balaban J connectivity index is 3.81. The molecule has 0 amide bonds. The summed E-state index contributed by atoms with van der Waals surface area (Å²) in [6.45, 7) is 5.28. The number of carbonyl (C=O) groups is 1. The highest BCUT2D eigenvalue weighted by Gasteiger charge is 2.06. The minimum atomic E-state index is -1.19. The molecule has 0 spiro atoms. The van der Waals surface area contributed by atoms with Gasteiger partial charge in [0.05, 0.1) is 12.1 Å². The Morgan fingerprint density at radius 1 is 1.73 bits per heavy atom. The van der Waals surface area contributed by atoms with Crippen LogP contribution in [-0.2, 0) is 9.53 Å². The standard InChI is InChI=1S/C8H14O3/c1-4-7(11-3)5-6(2)8(9)10/h7H,2,4-5H2,1,3H3,(H,9,10)/p-1. The van der Waals surface area contributed by atoms with Gasteiger partial charge >= 0.3 is 0 Å². The summed E-state index contributed by atoms with van der Waals surface area (Å²) in [5.41, 5.74) is 0.0960. The lowest BCUT2D eigenvalue weighted by atomic mass is 10.1. The summed E-state index contributed by atoms with van der Waals surface area (Å²) in [4.78, 5) is 10.2. The van der Waals surface area contributed by atoms with Crippen molar-refractivity contribution in [3.63, 3.8) is 0 Å². The van der Waals surface area contributed by atoms with Crippen LogP contribution in [0.25, 0.3) is 0 Å². The maximum absolute atomic E-state index is 10.2. The van der Waals surface area contributed by atoms with E-state index in [1.807, 2.05) is 6.92 Å². The van der Waals surface area contributed by atoms with Gasteiger partial charge < -0.3 is 14.6 Å². The van der Waals surface area contributed by atoms with Crippen LogP contribution in [0, 0.1) is 0 Å². The monoisotopic (exact) mass is 157 g/mol. The van der Waals surface area contributed by atoms with E-state index in [2.05, 4.69) is 6.58 Å². The number of hydrogen-bond acceptors (Lipinski definition) is 3. The molecule has 11 heavy (non-hydrogen) atoms. The van der Waals surface area contributed by atoms with Crippen molar-refractivity contribution in [3.8, 4) is 0 Å². The van der Waals surface area contributed by atoms with Crippen LogP contribution in [-0.4, -0.2) is 19.2 Å². The van der Waals surface area contributed by atoms with Gasteiger partial charge in [-0.2, -0.15) is 0 Å². The van der Waals surface area contributed by atoms with E-state index in [0.29, 0.717) is 6.42 Å². The third-order valence-electron chi connectivity index (χ3n) is 1.55. The molecule has 0 radical (unpaired) electrons. The highest BCUT2D eigenvalue weighted by atomic mass is 16.5. The molecule has 0 aromatic heterocycles. The first kappa shape index (κ1) is 10.2. The lowest BCUT2D eigenvalue weighted by Crippen LogP contribution is -2.26. The van der Waals surface area contributed by atoms with Crippen molar-refractivity contribution < 1.29 is 14.6 Å². The van der Waals surface area contributed by atoms with Crippen LogP contribution < -0.4 is 5.11 Å². The minimum absolute atomic E-state index is 0.0552. The van der Waals surface area contributed by atoms with Crippen molar-refractivity contribution in [1.29, 1.82) is 0 Å². The quantitative estimate of drug-likeness (QED) is 0.532. The lowest BCUT2D eigenvalue weighted by molar-refractivity contribution is -0.299. The van der Waals surface area contributed by atoms with Crippen LogP contribution in [0.4, 0.5) is 0 Å². The van der Waals surface area contributed by atoms with Crippen LogP contribution in [0.2, 0.25) is 0 Å². The van der Waals surface area contributed by atoms with Gasteiger partial charge in [0.2, 0.25) is 0 Å². The Hall–Kier alpha value is -0.830. The van der Waals surface area contributed by atoms with Crippen molar-refractivity contribution in [2.24, 2.45) is 0 Å². The van der Waals surface area contributed by atoms with Gasteiger partial charge in [0, 0.05) is 7.11 Å². The van der Waals surface area contributed by atoms with Gasteiger partial charge in [-0.25, -0.2) is 0 Å². The fourth-order valence-electron chi connectivity index (χ4n) is 0.752. The predicted molar refractivity (Wildman–Crippen MR) is 39.9 cm³/mol. The maximum atomic E-state index is 10.2. The molecular formula is C8H13O3-. The summed E-state index contributed by atoms with van der Waals surface area (Å²) in [6, 6.07) is 0. The highest BCUT2D eigenvalue weighted by molar-refractivity contribution is 5.83. The number of hydrogen-bond donors (Lipinski definition) is 0. The van der Waals surface area contributed by atoms with Gasteiger partial charge in [0.25, 0.3) is 0 Å². The Kier molecular flexibility index (Phi) is 4.54. The molecule has 3 nitrogen and oxygen atoms in total. The second kappa shape index (κ2) is 4.91. The Morgan fingerprint density at radius 2 is 2.27 bits per heavy atom. The fourth-order valence-corrected chi connectivity index (χ4v) is 0.752. The van der Waals surface area contributed by atoms with Crippen molar-refractivity contribution >= 4 is 5.97 Å². The Labute approximate surface area is 66.7 Å². The first-order valence-electron chi connectivity index (χ1n) is 3.53. The summed E-state index contributed by atoms with van der Waals surface area (Å²) in [5.74, 6) is -1.19. The van der Waals surface area contributed by atoms with E-state index in [-0.39, 0.29) is 11.7 Å². The molecule has 0 N–H and O–H groups in total. The van der Waals surface area contributed by atoms with E-state index in [1.165, 1.54) is 0 Å². The van der Waals surface area contributed by atoms with Crippen molar-refractivity contribution in [1.82, 2.24) is 0 Å². The predicted octanol–water partition coefficient (Wildman–Crippen LogP) is 0.108. The van der Waals surface area contributed by atoms with Gasteiger partial charge in [-0.1, -0.05) is 13.5 Å². The van der Waals surface area contributed by atoms with E-state index in [4.69, 9.17) is 4.74 Å². The van der Waals surface area contributed by atoms with Crippen molar-refractivity contribution in [2.75, 3.05) is 7.11 Å². The summed E-state index contributed by atoms with van der Waals surface area (Å²) >= 11 is 0. The zero-order valence-corrected chi connectivity index (χ0v) is 6.92. The second-order valence-corrected chi connectivity index (χ2v) is 2.36. The van der Waals surface area contributed by atoms with Crippen LogP contribution >= 0.6 is 0 Å². The molecule has 3 heteroatoms. The Morgan fingerprint density at radius 3 is 2.55 bits per heavy atom. The van der Waals surface area contributed by atoms with Crippen LogP contribution in [0.15, 0.2) is 12.2 Å². The van der Waals surface area contributed by atoms with E-state index >= 15 is 0 Å². The largest absolute Gasteiger partial charge is 0.545 e. The molecule has 1 atom stereocenters. The normalized spacial score (nSPS) is 12.5. The maximum Gasteiger partial charge on any atom is 0.0669 e. The second-order valence-electron chi connectivity index (χ2n) is 2.36. The molecule has 64 valence electrons. The summed E-state index contributed by atoms with van der Waals surface area (Å²) in [7, 11) is 1.55.